The zero-order chi connectivity index (χ0) is 20.1. The highest BCUT2D eigenvalue weighted by molar-refractivity contribution is 8.04. The van der Waals surface area contributed by atoms with Gasteiger partial charge in [0.2, 0.25) is 5.16 Å². The first-order chi connectivity index (χ1) is 14.0. The number of carbonyl (C=O) groups is 2. The summed E-state index contributed by atoms with van der Waals surface area (Å²) in [6, 6.07) is 14.7. The standard InChI is InChI=1S/C20H13N5O3S/c1-25-13-9-5-3-7-11(13)14(18(25)26)16(19(27)28)29-20-22-17-15(23-24-20)10-6-2-4-8-12(10)21-17/h2-9H,1H3,(H,27,28)(H,21,22,24)/b16-14-. The van der Waals surface area contributed by atoms with Crippen molar-refractivity contribution in [2.24, 2.45) is 0 Å². The predicted molar refractivity (Wildman–Crippen MR) is 109 cm³/mol. The summed E-state index contributed by atoms with van der Waals surface area (Å²) in [5, 5.41) is 19.1. The number of fused-ring (bicyclic) bond motifs is 4. The number of aromatic amines is 1. The minimum atomic E-state index is -1.22. The Hall–Kier alpha value is -3.72. The molecule has 1 aliphatic heterocycles. The molecule has 4 aromatic rings. The van der Waals surface area contributed by atoms with Crippen molar-refractivity contribution < 1.29 is 14.7 Å². The molecule has 0 fully saturated rings. The van der Waals surface area contributed by atoms with Gasteiger partial charge in [-0.15, -0.1) is 10.2 Å². The van der Waals surface area contributed by atoms with Crippen LogP contribution in [-0.2, 0) is 9.59 Å². The maximum absolute atomic E-state index is 12.8. The summed E-state index contributed by atoms with van der Waals surface area (Å²) in [6.45, 7) is 0. The maximum Gasteiger partial charge on any atom is 0.343 e. The van der Waals surface area contributed by atoms with Crippen molar-refractivity contribution in [2.75, 3.05) is 11.9 Å². The van der Waals surface area contributed by atoms with E-state index < -0.39 is 5.97 Å². The summed E-state index contributed by atoms with van der Waals surface area (Å²) < 4.78 is 0. The van der Waals surface area contributed by atoms with Crippen LogP contribution in [0.25, 0.3) is 27.6 Å². The van der Waals surface area contributed by atoms with Crippen LogP contribution in [0.5, 0.6) is 0 Å². The summed E-state index contributed by atoms with van der Waals surface area (Å²) >= 11 is 0.816. The van der Waals surface area contributed by atoms with Gasteiger partial charge in [0, 0.05) is 23.5 Å². The molecule has 2 aromatic heterocycles. The average Bonchev–Trinajstić information content (AvgIpc) is 3.21. The van der Waals surface area contributed by atoms with Crippen molar-refractivity contribution in [1.29, 1.82) is 0 Å². The molecule has 9 heteroatoms. The predicted octanol–water partition coefficient (Wildman–Crippen LogP) is 3.07. The van der Waals surface area contributed by atoms with Crippen molar-refractivity contribution in [1.82, 2.24) is 20.2 Å². The second-order valence-corrected chi connectivity index (χ2v) is 7.43. The number of hydrogen-bond acceptors (Lipinski definition) is 6. The van der Waals surface area contributed by atoms with E-state index in [1.165, 1.54) is 4.90 Å². The molecule has 1 amide bonds. The molecule has 8 nitrogen and oxygen atoms in total. The SMILES string of the molecule is CN1C(=O)/C(=C(\Sc2nnc3c(n2)[nH]c2ccccc23)C(=O)O)c2ccccc21. The lowest BCUT2D eigenvalue weighted by Gasteiger charge is -2.08. The van der Waals surface area contributed by atoms with Gasteiger partial charge in [0.15, 0.2) is 5.65 Å². The first-order valence-electron chi connectivity index (χ1n) is 8.68. The summed E-state index contributed by atoms with van der Waals surface area (Å²) in [7, 11) is 1.62. The van der Waals surface area contributed by atoms with Gasteiger partial charge >= 0.3 is 5.97 Å². The Balaban J connectivity index is 1.64. The summed E-state index contributed by atoms with van der Waals surface area (Å²) in [4.78, 5) is 33.7. The zero-order valence-corrected chi connectivity index (χ0v) is 15.9. The van der Waals surface area contributed by atoms with Crippen molar-refractivity contribution in [3.8, 4) is 0 Å². The Morgan fingerprint density at radius 1 is 1.10 bits per heavy atom. The van der Waals surface area contributed by atoms with E-state index in [1.807, 2.05) is 24.3 Å². The monoisotopic (exact) mass is 403 g/mol. The molecule has 142 valence electrons. The molecule has 29 heavy (non-hydrogen) atoms. The summed E-state index contributed by atoms with van der Waals surface area (Å²) in [5.41, 5.74) is 3.34. The molecule has 0 atom stereocenters. The number of H-pyrrole nitrogens is 1. The first kappa shape index (κ1) is 17.4. The van der Waals surface area contributed by atoms with E-state index in [4.69, 9.17) is 0 Å². The number of carbonyl (C=O) groups excluding carboxylic acids is 1. The third-order valence-corrected chi connectivity index (χ3v) is 5.71. The number of nitrogens with zero attached hydrogens (tertiary/aromatic N) is 4. The van der Waals surface area contributed by atoms with Crippen molar-refractivity contribution in [3.05, 3.63) is 59.0 Å². The highest BCUT2D eigenvalue weighted by Crippen LogP contribution is 2.41. The van der Waals surface area contributed by atoms with Crippen LogP contribution in [0, 0.1) is 0 Å². The van der Waals surface area contributed by atoms with Crippen LogP contribution in [-0.4, -0.2) is 44.2 Å². The fourth-order valence-electron chi connectivity index (χ4n) is 3.43. The first-order valence-corrected chi connectivity index (χ1v) is 9.50. The molecule has 1 aliphatic rings. The van der Waals surface area contributed by atoms with Crippen molar-refractivity contribution in [3.63, 3.8) is 0 Å². The van der Waals surface area contributed by atoms with Gasteiger partial charge in [-0.1, -0.05) is 36.4 Å². The van der Waals surface area contributed by atoms with Crippen molar-refractivity contribution >= 4 is 57.0 Å². The molecular weight excluding hydrogens is 390 g/mol. The molecule has 0 saturated carbocycles. The van der Waals surface area contributed by atoms with Crippen LogP contribution in [0.3, 0.4) is 0 Å². The van der Waals surface area contributed by atoms with Crippen LogP contribution >= 0.6 is 11.8 Å². The number of carboxylic acids is 1. The largest absolute Gasteiger partial charge is 0.477 e. The highest BCUT2D eigenvalue weighted by Gasteiger charge is 2.35. The fourth-order valence-corrected chi connectivity index (χ4v) is 4.22. The molecule has 3 heterocycles. The zero-order valence-electron chi connectivity index (χ0n) is 15.1. The van der Waals surface area contributed by atoms with E-state index in [-0.39, 0.29) is 21.5 Å². The van der Waals surface area contributed by atoms with Crippen molar-refractivity contribution in [2.45, 2.75) is 5.16 Å². The Morgan fingerprint density at radius 3 is 2.69 bits per heavy atom. The second kappa shape index (κ2) is 6.42. The number of aliphatic carboxylic acids is 1. The quantitative estimate of drug-likeness (QED) is 0.399. The van der Waals surface area contributed by atoms with Gasteiger partial charge in [0.25, 0.3) is 5.91 Å². The lowest BCUT2D eigenvalue weighted by atomic mass is 10.1. The lowest BCUT2D eigenvalue weighted by Crippen LogP contribution is -2.21. The minimum absolute atomic E-state index is 0.126. The molecule has 0 radical (unpaired) electrons. The van der Waals surface area contributed by atoms with Crippen LogP contribution < -0.4 is 4.90 Å². The van der Waals surface area contributed by atoms with Gasteiger partial charge in [-0.05, 0) is 23.9 Å². The fraction of sp³-hybridized carbons (Fsp3) is 0.0500. The number of aromatic nitrogens is 4. The topological polar surface area (TPSA) is 112 Å². The number of thioether (sulfide) groups is 1. The average molecular weight is 403 g/mol. The smallest absolute Gasteiger partial charge is 0.343 e. The molecule has 5 rings (SSSR count). The van der Waals surface area contributed by atoms with Gasteiger partial charge in [-0.25, -0.2) is 9.78 Å². The highest BCUT2D eigenvalue weighted by atomic mass is 32.2. The van der Waals surface area contributed by atoms with Gasteiger partial charge in [0.1, 0.15) is 10.4 Å². The van der Waals surface area contributed by atoms with Gasteiger partial charge in [0.05, 0.1) is 11.3 Å². The maximum atomic E-state index is 12.8. The van der Waals surface area contributed by atoms with E-state index in [0.717, 1.165) is 22.7 Å². The number of likely N-dealkylation sites (N-methyl/N-ethyl adjacent to an activating group) is 1. The Labute approximate surface area is 168 Å². The van der Waals surface area contributed by atoms with Crippen LogP contribution in [0.4, 0.5) is 5.69 Å². The Kier molecular flexibility index (Phi) is 3.85. The number of carboxylic acid groups (broad SMARTS) is 1. The van der Waals surface area contributed by atoms with Crippen LogP contribution in [0.15, 0.2) is 58.6 Å². The summed E-state index contributed by atoms with van der Waals surface area (Å²) in [6.07, 6.45) is 0. The van der Waals surface area contributed by atoms with E-state index in [2.05, 4.69) is 20.2 Å². The molecule has 0 aliphatic carbocycles. The lowest BCUT2D eigenvalue weighted by molar-refractivity contribution is -0.132. The Bertz CT molecular complexity index is 1360. The van der Waals surface area contributed by atoms with Gasteiger partial charge in [-0.2, -0.15) is 0 Å². The molecule has 0 saturated heterocycles. The van der Waals surface area contributed by atoms with Crippen LogP contribution in [0.2, 0.25) is 0 Å². The third-order valence-electron chi connectivity index (χ3n) is 4.77. The molecule has 2 aromatic carbocycles. The third kappa shape index (κ3) is 2.66. The molecule has 0 unspecified atom stereocenters. The van der Waals surface area contributed by atoms with Gasteiger partial charge < -0.3 is 15.0 Å². The second-order valence-electron chi connectivity index (χ2n) is 6.45. The number of anilines is 1. The Morgan fingerprint density at radius 2 is 1.86 bits per heavy atom. The number of para-hydroxylation sites is 2. The van der Waals surface area contributed by atoms with E-state index in [0.29, 0.717) is 22.4 Å². The number of rotatable bonds is 3. The molecular formula is C20H13N5O3S. The van der Waals surface area contributed by atoms with E-state index >= 15 is 0 Å². The number of benzene rings is 2. The van der Waals surface area contributed by atoms with E-state index in [1.54, 1.807) is 31.3 Å². The minimum Gasteiger partial charge on any atom is -0.477 e. The molecule has 0 spiro atoms. The normalized spacial score (nSPS) is 15.2. The van der Waals surface area contributed by atoms with Gasteiger partial charge in [-0.3, -0.25) is 4.79 Å². The van der Waals surface area contributed by atoms with Crippen LogP contribution in [0.1, 0.15) is 5.56 Å². The number of hydrogen-bond donors (Lipinski definition) is 2. The van der Waals surface area contributed by atoms with E-state index in [9.17, 15) is 14.7 Å². The summed E-state index contributed by atoms with van der Waals surface area (Å²) in [5.74, 6) is -1.60. The molecule has 0 bridgehead atoms. The number of amides is 1. The molecule has 2 N–H and O–H groups in total. The number of nitrogens with one attached hydrogen (secondary N) is 1.